The topological polar surface area (TPSA) is 64.4 Å². The van der Waals surface area contributed by atoms with Crippen LogP contribution in [0, 0.1) is 23.0 Å². The van der Waals surface area contributed by atoms with Crippen LogP contribution in [0.25, 0.3) is 0 Å². The lowest BCUT2D eigenvalue weighted by molar-refractivity contribution is -0.385. The summed E-state index contributed by atoms with van der Waals surface area (Å²) < 4.78 is 5.60. The third-order valence-corrected chi connectivity index (χ3v) is 2.53. The molecule has 0 saturated heterocycles. The van der Waals surface area contributed by atoms with Crippen molar-refractivity contribution >= 4 is 5.69 Å². The number of rotatable bonds is 6. The quantitative estimate of drug-likeness (QED) is 0.609. The van der Waals surface area contributed by atoms with Gasteiger partial charge < -0.3 is 10.1 Å². The van der Waals surface area contributed by atoms with E-state index in [9.17, 15) is 10.1 Å². The highest BCUT2D eigenvalue weighted by Crippen LogP contribution is 2.27. The lowest BCUT2D eigenvalue weighted by Gasteiger charge is -2.13. The molecule has 5 heteroatoms. The van der Waals surface area contributed by atoms with E-state index < -0.39 is 0 Å². The highest BCUT2D eigenvalue weighted by atomic mass is 16.6. The maximum absolute atomic E-state index is 10.8. The van der Waals surface area contributed by atoms with Crippen molar-refractivity contribution in [3.8, 4) is 5.75 Å². The van der Waals surface area contributed by atoms with Gasteiger partial charge in [0, 0.05) is 18.5 Å². The van der Waals surface area contributed by atoms with E-state index in [1.807, 2.05) is 7.05 Å². The molecule has 0 fully saturated rings. The smallest absolute Gasteiger partial charge is 0.276 e. The van der Waals surface area contributed by atoms with Gasteiger partial charge in [0.25, 0.3) is 5.69 Å². The van der Waals surface area contributed by atoms with Crippen LogP contribution >= 0.6 is 0 Å². The van der Waals surface area contributed by atoms with Crippen LogP contribution in [0.3, 0.4) is 0 Å². The van der Waals surface area contributed by atoms with Gasteiger partial charge in [0.1, 0.15) is 5.75 Å². The fraction of sp³-hybridized carbons (Fsp3) is 0.500. The number of ether oxygens (including phenoxy) is 1. The van der Waals surface area contributed by atoms with Crippen molar-refractivity contribution in [3.63, 3.8) is 0 Å². The number of nitro groups is 1. The van der Waals surface area contributed by atoms with Gasteiger partial charge >= 0.3 is 0 Å². The molecule has 0 aromatic heterocycles. The summed E-state index contributed by atoms with van der Waals surface area (Å²) in [4.78, 5) is 10.4. The second-order valence-corrected chi connectivity index (χ2v) is 4.13. The van der Waals surface area contributed by atoms with Gasteiger partial charge in [-0.05, 0) is 20.0 Å². The molecule has 0 aliphatic rings. The molecule has 1 atom stereocenters. The summed E-state index contributed by atoms with van der Waals surface area (Å²) in [5.41, 5.74) is 0.679. The zero-order chi connectivity index (χ0) is 12.8. The maximum atomic E-state index is 10.8. The van der Waals surface area contributed by atoms with Crippen molar-refractivity contribution in [1.29, 1.82) is 0 Å². The van der Waals surface area contributed by atoms with E-state index in [-0.39, 0.29) is 10.6 Å². The number of hydrogen-bond donors (Lipinski definition) is 1. The molecule has 94 valence electrons. The molecule has 1 unspecified atom stereocenters. The second-order valence-electron chi connectivity index (χ2n) is 4.13. The van der Waals surface area contributed by atoms with Gasteiger partial charge in [-0.1, -0.05) is 13.0 Å². The van der Waals surface area contributed by atoms with Gasteiger partial charge in [0.2, 0.25) is 0 Å². The molecule has 1 aromatic carbocycles. The molecule has 0 aliphatic heterocycles. The molecule has 0 heterocycles. The van der Waals surface area contributed by atoms with E-state index in [2.05, 4.69) is 12.2 Å². The monoisotopic (exact) mass is 238 g/mol. The first-order valence-corrected chi connectivity index (χ1v) is 5.57. The van der Waals surface area contributed by atoms with E-state index in [0.717, 1.165) is 6.54 Å². The molecule has 5 nitrogen and oxygen atoms in total. The Morgan fingerprint density at radius 2 is 2.24 bits per heavy atom. The molecule has 0 radical (unpaired) electrons. The average molecular weight is 238 g/mol. The number of nitrogens with zero attached hydrogens (tertiary/aromatic N) is 1. The summed E-state index contributed by atoms with van der Waals surface area (Å²) in [7, 11) is 1.88. The third kappa shape index (κ3) is 3.71. The number of nitrogens with one attached hydrogen (secondary N) is 1. The Kier molecular flexibility index (Phi) is 4.90. The fourth-order valence-electron chi connectivity index (χ4n) is 1.60. The number of benzene rings is 1. The van der Waals surface area contributed by atoms with Crippen LogP contribution in [0.15, 0.2) is 18.2 Å². The minimum Gasteiger partial charge on any atom is -0.493 e. The molecule has 0 saturated carbocycles. The molecule has 17 heavy (non-hydrogen) atoms. The highest BCUT2D eigenvalue weighted by molar-refractivity contribution is 5.48. The third-order valence-electron chi connectivity index (χ3n) is 2.53. The van der Waals surface area contributed by atoms with Gasteiger partial charge in [-0.3, -0.25) is 10.1 Å². The second kappa shape index (κ2) is 6.20. The lowest BCUT2D eigenvalue weighted by Crippen LogP contribution is -2.21. The van der Waals surface area contributed by atoms with Crippen molar-refractivity contribution in [2.45, 2.75) is 13.8 Å². The van der Waals surface area contributed by atoms with Gasteiger partial charge in [0.15, 0.2) is 0 Å². The zero-order valence-electron chi connectivity index (χ0n) is 10.4. The van der Waals surface area contributed by atoms with Crippen molar-refractivity contribution in [1.82, 2.24) is 5.32 Å². The van der Waals surface area contributed by atoms with Crippen molar-refractivity contribution in [2.75, 3.05) is 20.2 Å². The summed E-state index contributed by atoms with van der Waals surface area (Å²) in [5, 5.41) is 13.8. The minimum atomic E-state index is -0.390. The largest absolute Gasteiger partial charge is 0.493 e. The first kappa shape index (κ1) is 13.4. The maximum Gasteiger partial charge on any atom is 0.276 e. The van der Waals surface area contributed by atoms with E-state index in [1.165, 1.54) is 6.07 Å². The van der Waals surface area contributed by atoms with Crippen LogP contribution in [0.1, 0.15) is 12.5 Å². The Morgan fingerprint density at radius 3 is 2.82 bits per heavy atom. The predicted octanol–water partition coefficient (Wildman–Crippen LogP) is 2.14. The predicted molar refractivity (Wildman–Crippen MR) is 66.4 cm³/mol. The highest BCUT2D eigenvalue weighted by Gasteiger charge is 2.14. The summed E-state index contributed by atoms with van der Waals surface area (Å²) in [6.07, 6.45) is 0. The summed E-state index contributed by atoms with van der Waals surface area (Å²) in [6.45, 7) is 5.16. The minimum absolute atomic E-state index is 0.101. The van der Waals surface area contributed by atoms with Gasteiger partial charge in [-0.2, -0.15) is 0 Å². The number of nitro benzene ring substituents is 1. The molecule has 0 bridgehead atoms. The SMILES string of the molecule is CNCC(C)COc1cccc([N+](=O)[O-])c1C. The Bertz CT molecular complexity index is 393. The molecular formula is C12H18N2O3. The summed E-state index contributed by atoms with van der Waals surface area (Å²) >= 11 is 0. The first-order chi connectivity index (χ1) is 8.06. The standard InChI is InChI=1S/C12H18N2O3/c1-9(7-13-3)8-17-12-6-4-5-11(10(12)2)14(15)16/h4-6,9,13H,7-8H2,1-3H3. The Morgan fingerprint density at radius 1 is 1.53 bits per heavy atom. The van der Waals surface area contributed by atoms with Crippen LogP contribution in [-0.4, -0.2) is 25.1 Å². The van der Waals surface area contributed by atoms with Crippen LogP contribution < -0.4 is 10.1 Å². The molecule has 0 amide bonds. The average Bonchev–Trinajstić information content (AvgIpc) is 2.27. The van der Waals surface area contributed by atoms with E-state index >= 15 is 0 Å². The molecule has 0 spiro atoms. The molecule has 0 aliphatic carbocycles. The molecular weight excluding hydrogens is 220 g/mol. The lowest BCUT2D eigenvalue weighted by atomic mass is 10.1. The van der Waals surface area contributed by atoms with Crippen LogP contribution in [0.2, 0.25) is 0 Å². The molecule has 1 rings (SSSR count). The molecule has 1 aromatic rings. The van der Waals surface area contributed by atoms with Gasteiger partial charge in [-0.25, -0.2) is 0 Å². The van der Waals surface area contributed by atoms with Crippen molar-refractivity contribution < 1.29 is 9.66 Å². The normalized spacial score (nSPS) is 12.2. The van der Waals surface area contributed by atoms with Gasteiger partial charge in [0.05, 0.1) is 17.1 Å². The fourth-order valence-corrected chi connectivity index (χ4v) is 1.60. The van der Waals surface area contributed by atoms with Crippen LogP contribution in [0.5, 0.6) is 5.75 Å². The van der Waals surface area contributed by atoms with E-state index in [0.29, 0.717) is 23.8 Å². The van der Waals surface area contributed by atoms with Crippen LogP contribution in [0.4, 0.5) is 5.69 Å². The summed E-state index contributed by atoms with van der Waals surface area (Å²) in [5.74, 6) is 0.945. The zero-order valence-corrected chi connectivity index (χ0v) is 10.4. The molecule has 1 N–H and O–H groups in total. The first-order valence-electron chi connectivity index (χ1n) is 5.57. The summed E-state index contributed by atoms with van der Waals surface area (Å²) in [6, 6.07) is 4.89. The van der Waals surface area contributed by atoms with E-state index in [1.54, 1.807) is 19.1 Å². The van der Waals surface area contributed by atoms with E-state index in [4.69, 9.17) is 4.74 Å². The Labute approximate surface area is 101 Å². The Balaban J connectivity index is 2.72. The van der Waals surface area contributed by atoms with Gasteiger partial charge in [-0.15, -0.1) is 0 Å². The van der Waals surface area contributed by atoms with Crippen molar-refractivity contribution in [3.05, 3.63) is 33.9 Å². The Hall–Kier alpha value is -1.62. The van der Waals surface area contributed by atoms with Crippen LogP contribution in [-0.2, 0) is 0 Å². The number of hydrogen-bond acceptors (Lipinski definition) is 4. The van der Waals surface area contributed by atoms with Crippen molar-refractivity contribution in [2.24, 2.45) is 5.92 Å².